The molecule has 16 heavy (non-hydrogen) atoms. The van der Waals surface area contributed by atoms with Crippen LogP contribution in [0.25, 0.3) is 0 Å². The molecule has 0 aromatic rings. The predicted molar refractivity (Wildman–Crippen MR) is 53.3 cm³/mol. The minimum atomic E-state index is -0.833. The van der Waals surface area contributed by atoms with Gasteiger partial charge in [-0.15, -0.1) is 0 Å². The smallest absolute Gasteiger partial charge is 0.300 e. The highest BCUT2D eigenvalue weighted by atomic mass is 16.4. The van der Waals surface area contributed by atoms with E-state index < -0.39 is 25.4 Å². The van der Waals surface area contributed by atoms with Crippen LogP contribution in [0, 0.1) is 0 Å². The average Bonchev–Trinajstić information content (AvgIpc) is 2.03. The van der Waals surface area contributed by atoms with Crippen molar-refractivity contribution in [3.63, 3.8) is 0 Å². The Labute approximate surface area is 92.7 Å². The van der Waals surface area contributed by atoms with Gasteiger partial charge in [0.15, 0.2) is 0 Å². The van der Waals surface area contributed by atoms with Gasteiger partial charge in [-0.2, -0.15) is 0 Å². The van der Waals surface area contributed by atoms with Crippen LogP contribution < -0.4 is 0 Å². The van der Waals surface area contributed by atoms with Crippen LogP contribution in [0.3, 0.4) is 0 Å². The number of amides is 1. The second-order valence-electron chi connectivity index (χ2n) is 2.38. The number of aliphatic carboxylic acids is 2. The molecule has 0 saturated carbocycles. The molecule has 0 aliphatic carbocycles. The highest BCUT2D eigenvalue weighted by Gasteiger charge is 2.01. The molecule has 1 amide bonds. The maximum atomic E-state index is 10.2. The summed E-state index contributed by atoms with van der Waals surface area (Å²) >= 11 is 0. The van der Waals surface area contributed by atoms with E-state index in [4.69, 9.17) is 30.0 Å². The molecule has 96 valence electrons. The first-order valence-corrected chi connectivity index (χ1v) is 4.05. The lowest BCUT2D eigenvalue weighted by molar-refractivity contribution is -0.137. The van der Waals surface area contributed by atoms with Crippen molar-refractivity contribution in [2.75, 3.05) is 13.5 Å². The minimum Gasteiger partial charge on any atom is -0.481 e. The van der Waals surface area contributed by atoms with E-state index in [0.717, 1.165) is 18.7 Å². The van der Waals surface area contributed by atoms with E-state index in [9.17, 15) is 4.79 Å². The molecule has 0 aromatic carbocycles. The van der Waals surface area contributed by atoms with Gasteiger partial charge in [0.2, 0.25) is 5.91 Å². The van der Waals surface area contributed by atoms with E-state index in [2.05, 4.69) is 0 Å². The summed E-state index contributed by atoms with van der Waals surface area (Å²) < 4.78 is 0. The van der Waals surface area contributed by atoms with Crippen molar-refractivity contribution in [2.24, 2.45) is 0 Å². The molecule has 0 radical (unpaired) electrons. The van der Waals surface area contributed by atoms with Crippen LogP contribution in [0.5, 0.6) is 0 Å². The van der Waals surface area contributed by atoms with Crippen molar-refractivity contribution in [1.29, 1.82) is 0 Å². The zero-order valence-corrected chi connectivity index (χ0v) is 9.38. The summed E-state index contributed by atoms with van der Waals surface area (Å²) in [6, 6.07) is 0. The number of carboxylic acid groups (broad SMARTS) is 2. The summed E-state index contributed by atoms with van der Waals surface area (Å²) in [5.74, 6) is -2.00. The van der Waals surface area contributed by atoms with Crippen molar-refractivity contribution in [2.45, 2.75) is 20.8 Å². The molecule has 0 unspecified atom stereocenters. The number of aliphatic hydroxyl groups excluding tert-OH is 2. The fraction of sp³-hybridized carbons (Fsp3) is 0.625. The summed E-state index contributed by atoms with van der Waals surface area (Å²) in [6.45, 7) is 2.59. The van der Waals surface area contributed by atoms with Gasteiger partial charge in [0.1, 0.15) is 13.5 Å². The second kappa shape index (κ2) is 13.3. The van der Waals surface area contributed by atoms with Gasteiger partial charge in [0.05, 0.1) is 0 Å². The number of carbonyl (C=O) groups excluding carboxylic acids is 1. The molecule has 0 bridgehead atoms. The van der Waals surface area contributed by atoms with Gasteiger partial charge in [-0.05, 0) is 0 Å². The lowest BCUT2D eigenvalue weighted by Gasteiger charge is -2.12. The number of hydrogen-bond acceptors (Lipinski definition) is 5. The predicted octanol–water partition coefficient (Wildman–Crippen LogP) is -1.08. The van der Waals surface area contributed by atoms with E-state index in [1.807, 2.05) is 0 Å². The molecule has 8 heteroatoms. The fourth-order valence-corrected chi connectivity index (χ4v) is 0.244. The first kappa shape index (κ1) is 19.8. The highest BCUT2D eigenvalue weighted by molar-refractivity contribution is 5.72. The van der Waals surface area contributed by atoms with Crippen LogP contribution in [-0.4, -0.2) is 56.6 Å². The van der Waals surface area contributed by atoms with E-state index >= 15 is 0 Å². The number of carboxylic acids is 2. The lowest BCUT2D eigenvalue weighted by Crippen LogP contribution is -2.30. The first-order chi connectivity index (χ1) is 7.18. The Balaban J connectivity index is -0.000000179. The van der Waals surface area contributed by atoms with Crippen LogP contribution in [-0.2, 0) is 14.4 Å². The molecule has 0 atom stereocenters. The topological polar surface area (TPSA) is 135 Å². The maximum Gasteiger partial charge on any atom is 0.300 e. The lowest BCUT2D eigenvalue weighted by atomic mass is 10.6. The maximum absolute atomic E-state index is 10.2. The zero-order chi connectivity index (χ0) is 13.7. The van der Waals surface area contributed by atoms with Gasteiger partial charge in [0.25, 0.3) is 11.9 Å². The molecular formula is C8H17NO7. The van der Waals surface area contributed by atoms with Crippen molar-refractivity contribution >= 4 is 17.8 Å². The molecule has 0 saturated heterocycles. The van der Waals surface area contributed by atoms with Gasteiger partial charge in [-0.3, -0.25) is 19.3 Å². The number of hydrogen-bond donors (Lipinski definition) is 4. The summed E-state index contributed by atoms with van der Waals surface area (Å²) in [6.07, 6.45) is 0. The Hall–Kier alpha value is -1.67. The minimum absolute atomic E-state index is 0.338. The fourth-order valence-electron chi connectivity index (χ4n) is 0.244. The molecule has 0 rings (SSSR count). The van der Waals surface area contributed by atoms with Crippen LogP contribution >= 0.6 is 0 Å². The molecule has 0 fully saturated rings. The largest absolute Gasteiger partial charge is 0.481 e. The van der Waals surface area contributed by atoms with Crippen molar-refractivity contribution in [3.8, 4) is 0 Å². The molecule has 4 N–H and O–H groups in total. The van der Waals surface area contributed by atoms with Crippen molar-refractivity contribution in [3.05, 3.63) is 0 Å². The first-order valence-electron chi connectivity index (χ1n) is 4.05. The van der Waals surface area contributed by atoms with E-state index in [1.165, 1.54) is 6.92 Å². The highest BCUT2D eigenvalue weighted by Crippen LogP contribution is 1.81. The van der Waals surface area contributed by atoms with Gasteiger partial charge in [-0.25, -0.2) is 0 Å². The Morgan fingerprint density at radius 3 is 1.06 bits per heavy atom. The number of aliphatic hydroxyl groups is 2. The van der Waals surface area contributed by atoms with E-state index in [-0.39, 0.29) is 5.91 Å². The summed E-state index contributed by atoms with van der Waals surface area (Å²) in [7, 11) is 0. The zero-order valence-electron chi connectivity index (χ0n) is 9.38. The molecular weight excluding hydrogens is 222 g/mol. The molecule has 8 nitrogen and oxygen atoms in total. The summed E-state index contributed by atoms with van der Waals surface area (Å²) in [4.78, 5) is 29.1. The van der Waals surface area contributed by atoms with Crippen LogP contribution in [0.4, 0.5) is 0 Å². The van der Waals surface area contributed by atoms with E-state index in [0.29, 0.717) is 0 Å². The molecule has 0 aromatic heterocycles. The average molecular weight is 239 g/mol. The Bertz CT molecular complexity index is 192. The van der Waals surface area contributed by atoms with E-state index in [1.54, 1.807) is 0 Å². The molecule has 0 aliphatic rings. The second-order valence-corrected chi connectivity index (χ2v) is 2.38. The number of rotatable bonds is 2. The summed E-state index contributed by atoms with van der Waals surface area (Å²) in [5.41, 5.74) is 0. The Morgan fingerprint density at radius 1 is 0.875 bits per heavy atom. The molecule has 0 spiro atoms. The standard InChI is InChI=1S/C4H9NO3.2C2H4O2/c1-4(8)5(2-6)3-7;2*1-2(3)4/h6-7H,2-3H2,1H3;2*1H3,(H,3,4). The van der Waals surface area contributed by atoms with Crippen LogP contribution in [0.1, 0.15) is 20.8 Å². The third kappa shape index (κ3) is 39.5. The van der Waals surface area contributed by atoms with Crippen molar-refractivity contribution in [1.82, 2.24) is 4.90 Å². The quantitative estimate of drug-likeness (QED) is 0.450. The van der Waals surface area contributed by atoms with Gasteiger partial charge >= 0.3 is 0 Å². The molecule has 0 aliphatic heterocycles. The number of carbonyl (C=O) groups is 3. The normalized spacial score (nSPS) is 7.56. The molecule has 0 heterocycles. The van der Waals surface area contributed by atoms with Crippen LogP contribution in [0.2, 0.25) is 0 Å². The van der Waals surface area contributed by atoms with Gasteiger partial charge < -0.3 is 20.4 Å². The third-order valence-corrected chi connectivity index (χ3v) is 0.787. The van der Waals surface area contributed by atoms with Crippen molar-refractivity contribution < 1.29 is 34.8 Å². The van der Waals surface area contributed by atoms with Gasteiger partial charge in [0, 0.05) is 20.8 Å². The SMILES string of the molecule is CC(=O)N(CO)CO.CC(=O)O.CC(=O)O. The Kier molecular flexibility index (Phi) is 16.5. The third-order valence-electron chi connectivity index (χ3n) is 0.787. The summed E-state index contributed by atoms with van der Waals surface area (Å²) in [5, 5.41) is 31.3. The number of nitrogens with zero attached hydrogens (tertiary/aromatic N) is 1. The van der Waals surface area contributed by atoms with Gasteiger partial charge in [-0.1, -0.05) is 0 Å². The van der Waals surface area contributed by atoms with Crippen LogP contribution in [0.15, 0.2) is 0 Å². The Morgan fingerprint density at radius 2 is 1.06 bits per heavy atom. The monoisotopic (exact) mass is 239 g/mol.